The minimum atomic E-state index is -0.341. The molecular formula is C15H22N2O4. The van der Waals surface area contributed by atoms with Crippen LogP contribution in [-0.4, -0.2) is 55.4 Å². The van der Waals surface area contributed by atoms with E-state index >= 15 is 0 Å². The molecule has 6 nitrogen and oxygen atoms in total. The molecule has 6 heteroatoms. The standard InChI is InChI=1S/C15H22N2O4/c1-20-14-5-3-2-4-11(14)8-17(6-7-18)15(19)12-9-21-10-13(12)16/h2-5,12-13,18H,6-10,16H2,1H3. The van der Waals surface area contributed by atoms with Crippen molar-refractivity contribution in [2.75, 3.05) is 33.5 Å². The topological polar surface area (TPSA) is 85.0 Å². The molecule has 21 heavy (non-hydrogen) atoms. The summed E-state index contributed by atoms with van der Waals surface area (Å²) in [5.41, 5.74) is 6.80. The maximum Gasteiger partial charge on any atom is 0.230 e. The van der Waals surface area contributed by atoms with E-state index in [0.29, 0.717) is 19.8 Å². The van der Waals surface area contributed by atoms with Crippen molar-refractivity contribution in [2.24, 2.45) is 11.7 Å². The molecule has 1 aliphatic heterocycles. The second kappa shape index (κ2) is 7.40. The van der Waals surface area contributed by atoms with E-state index in [2.05, 4.69) is 0 Å². The van der Waals surface area contributed by atoms with Gasteiger partial charge < -0.3 is 25.2 Å². The molecule has 2 atom stereocenters. The molecule has 1 fully saturated rings. The normalized spacial score (nSPS) is 21.3. The number of carbonyl (C=O) groups excluding carboxylic acids is 1. The predicted molar refractivity (Wildman–Crippen MR) is 77.8 cm³/mol. The Bertz CT molecular complexity index is 480. The fourth-order valence-corrected chi connectivity index (χ4v) is 2.49. The van der Waals surface area contributed by atoms with Gasteiger partial charge in [-0.05, 0) is 6.07 Å². The quantitative estimate of drug-likeness (QED) is 0.771. The number of aliphatic hydroxyl groups excluding tert-OH is 1. The number of nitrogens with zero attached hydrogens (tertiary/aromatic N) is 1. The Balaban J connectivity index is 2.13. The third-order valence-electron chi connectivity index (χ3n) is 3.68. The molecule has 116 valence electrons. The van der Waals surface area contributed by atoms with Gasteiger partial charge in [-0.15, -0.1) is 0 Å². The number of para-hydroxylation sites is 1. The summed E-state index contributed by atoms with van der Waals surface area (Å²) in [5, 5.41) is 9.21. The van der Waals surface area contributed by atoms with Crippen molar-refractivity contribution in [1.29, 1.82) is 0 Å². The molecule has 0 bridgehead atoms. The first-order valence-electron chi connectivity index (χ1n) is 7.02. The summed E-state index contributed by atoms with van der Waals surface area (Å²) in [6.45, 7) is 1.29. The molecule has 2 rings (SSSR count). The molecule has 1 aliphatic rings. The van der Waals surface area contributed by atoms with Gasteiger partial charge >= 0.3 is 0 Å². The Kier molecular flexibility index (Phi) is 5.55. The van der Waals surface area contributed by atoms with Crippen molar-refractivity contribution in [3.63, 3.8) is 0 Å². The summed E-state index contributed by atoms with van der Waals surface area (Å²) in [6, 6.07) is 7.24. The fraction of sp³-hybridized carbons (Fsp3) is 0.533. The van der Waals surface area contributed by atoms with Crippen molar-refractivity contribution < 1.29 is 19.4 Å². The molecule has 1 aromatic rings. The lowest BCUT2D eigenvalue weighted by Crippen LogP contribution is -2.44. The Hall–Kier alpha value is -1.63. The van der Waals surface area contributed by atoms with Crippen LogP contribution < -0.4 is 10.5 Å². The second-order valence-electron chi connectivity index (χ2n) is 5.10. The van der Waals surface area contributed by atoms with Crippen LogP contribution in [-0.2, 0) is 16.1 Å². The number of benzene rings is 1. The first kappa shape index (κ1) is 15.8. The van der Waals surface area contributed by atoms with E-state index in [1.807, 2.05) is 24.3 Å². The van der Waals surface area contributed by atoms with Crippen molar-refractivity contribution in [3.05, 3.63) is 29.8 Å². The molecule has 1 heterocycles. The molecule has 0 aromatic heterocycles. The van der Waals surface area contributed by atoms with E-state index in [1.165, 1.54) is 0 Å². The average Bonchev–Trinajstić information content (AvgIpc) is 2.92. The first-order chi connectivity index (χ1) is 10.2. The molecule has 1 aromatic carbocycles. The minimum absolute atomic E-state index is 0.0834. The number of hydrogen-bond acceptors (Lipinski definition) is 5. The molecule has 0 saturated carbocycles. The lowest BCUT2D eigenvalue weighted by molar-refractivity contribution is -0.137. The van der Waals surface area contributed by atoms with Crippen LogP contribution in [0.2, 0.25) is 0 Å². The number of ether oxygens (including phenoxy) is 2. The summed E-state index contributed by atoms with van der Waals surface area (Å²) in [7, 11) is 1.60. The maximum atomic E-state index is 12.6. The number of carbonyl (C=O) groups is 1. The van der Waals surface area contributed by atoms with Crippen LogP contribution in [0.25, 0.3) is 0 Å². The summed E-state index contributed by atoms with van der Waals surface area (Å²) in [4.78, 5) is 14.2. The highest BCUT2D eigenvalue weighted by Crippen LogP contribution is 2.22. The zero-order chi connectivity index (χ0) is 15.2. The van der Waals surface area contributed by atoms with Crippen molar-refractivity contribution in [2.45, 2.75) is 12.6 Å². The van der Waals surface area contributed by atoms with E-state index in [0.717, 1.165) is 11.3 Å². The van der Waals surface area contributed by atoms with Crippen molar-refractivity contribution >= 4 is 5.91 Å². The van der Waals surface area contributed by atoms with Crippen LogP contribution >= 0.6 is 0 Å². The third-order valence-corrected chi connectivity index (χ3v) is 3.68. The Morgan fingerprint density at radius 2 is 2.24 bits per heavy atom. The fourth-order valence-electron chi connectivity index (χ4n) is 2.49. The number of amides is 1. The molecule has 2 unspecified atom stereocenters. The van der Waals surface area contributed by atoms with Crippen molar-refractivity contribution in [3.8, 4) is 5.75 Å². The average molecular weight is 294 g/mol. The molecule has 0 spiro atoms. The van der Waals surface area contributed by atoms with Gasteiger partial charge in [-0.25, -0.2) is 0 Å². The second-order valence-corrected chi connectivity index (χ2v) is 5.10. The van der Waals surface area contributed by atoms with Gasteiger partial charge in [-0.1, -0.05) is 18.2 Å². The highest BCUT2D eigenvalue weighted by Gasteiger charge is 2.34. The van der Waals surface area contributed by atoms with Gasteiger partial charge in [0.1, 0.15) is 5.75 Å². The van der Waals surface area contributed by atoms with Gasteiger partial charge in [0.15, 0.2) is 0 Å². The monoisotopic (exact) mass is 294 g/mol. The third kappa shape index (κ3) is 3.72. The highest BCUT2D eigenvalue weighted by atomic mass is 16.5. The largest absolute Gasteiger partial charge is 0.496 e. The van der Waals surface area contributed by atoms with Crippen LogP contribution in [0.3, 0.4) is 0 Å². The zero-order valence-corrected chi connectivity index (χ0v) is 12.2. The lowest BCUT2D eigenvalue weighted by atomic mass is 10.0. The lowest BCUT2D eigenvalue weighted by Gasteiger charge is -2.26. The van der Waals surface area contributed by atoms with Gasteiger partial charge in [0, 0.05) is 24.7 Å². The van der Waals surface area contributed by atoms with Gasteiger partial charge in [0.05, 0.1) is 32.8 Å². The van der Waals surface area contributed by atoms with Crippen LogP contribution in [0.4, 0.5) is 0 Å². The summed E-state index contributed by atoms with van der Waals surface area (Å²) < 4.78 is 10.6. The summed E-state index contributed by atoms with van der Waals surface area (Å²) in [5.74, 6) is 0.298. The van der Waals surface area contributed by atoms with Crippen LogP contribution in [0, 0.1) is 5.92 Å². The first-order valence-corrected chi connectivity index (χ1v) is 7.02. The number of aliphatic hydroxyl groups is 1. The number of nitrogens with two attached hydrogens (primary N) is 1. The Morgan fingerprint density at radius 1 is 1.48 bits per heavy atom. The Morgan fingerprint density at radius 3 is 2.86 bits per heavy atom. The number of rotatable bonds is 6. The summed E-state index contributed by atoms with van der Waals surface area (Å²) in [6.07, 6.45) is 0. The van der Waals surface area contributed by atoms with E-state index < -0.39 is 0 Å². The molecule has 3 N–H and O–H groups in total. The van der Waals surface area contributed by atoms with Crippen molar-refractivity contribution in [1.82, 2.24) is 4.90 Å². The number of methoxy groups -OCH3 is 1. The molecule has 1 saturated heterocycles. The molecule has 0 aliphatic carbocycles. The van der Waals surface area contributed by atoms with Gasteiger partial charge in [0.2, 0.25) is 5.91 Å². The van der Waals surface area contributed by atoms with E-state index in [9.17, 15) is 9.90 Å². The molecule has 0 radical (unpaired) electrons. The summed E-state index contributed by atoms with van der Waals surface area (Å²) >= 11 is 0. The molecule has 1 amide bonds. The maximum absolute atomic E-state index is 12.6. The van der Waals surface area contributed by atoms with Crippen LogP contribution in [0.5, 0.6) is 5.75 Å². The van der Waals surface area contributed by atoms with Crippen LogP contribution in [0.15, 0.2) is 24.3 Å². The van der Waals surface area contributed by atoms with Crippen LogP contribution in [0.1, 0.15) is 5.56 Å². The van der Waals surface area contributed by atoms with E-state index in [4.69, 9.17) is 15.2 Å². The van der Waals surface area contributed by atoms with E-state index in [1.54, 1.807) is 12.0 Å². The van der Waals surface area contributed by atoms with Gasteiger partial charge in [-0.2, -0.15) is 0 Å². The predicted octanol–water partition coefficient (Wildman–Crippen LogP) is -0.0102. The Labute approximate surface area is 124 Å². The SMILES string of the molecule is COc1ccccc1CN(CCO)C(=O)C1COCC1N. The highest BCUT2D eigenvalue weighted by molar-refractivity contribution is 5.80. The molecular weight excluding hydrogens is 272 g/mol. The van der Waals surface area contributed by atoms with E-state index in [-0.39, 0.29) is 31.0 Å². The smallest absolute Gasteiger partial charge is 0.230 e. The minimum Gasteiger partial charge on any atom is -0.496 e. The van der Waals surface area contributed by atoms with Gasteiger partial charge in [-0.3, -0.25) is 4.79 Å². The zero-order valence-electron chi connectivity index (χ0n) is 12.2. The number of hydrogen-bond donors (Lipinski definition) is 2. The van der Waals surface area contributed by atoms with Gasteiger partial charge in [0.25, 0.3) is 0 Å².